The Morgan fingerprint density at radius 2 is 1.55 bits per heavy atom. The highest BCUT2D eigenvalue weighted by Crippen LogP contribution is 2.39. The summed E-state index contributed by atoms with van der Waals surface area (Å²) >= 11 is 0. The van der Waals surface area contributed by atoms with Crippen LogP contribution in [0.1, 0.15) is 81.6 Å². The minimum absolute atomic E-state index is 0.0611. The van der Waals surface area contributed by atoms with Gasteiger partial charge < -0.3 is 24.3 Å². The molecule has 0 unspecified atom stereocenters. The standard InChI is InChI=1S/C24H42N2O7/c1-11-24(12-2,31-10)19(25-15(3)28)18-16(14-27)13-17(20(29)32-22(4,5)6)26(18)21(30)33-23(7,8)9/h14,16-19H,11-13H2,1-10H3,(H,25,28)/t16-,17+,18+,19+/m0/s1. The molecule has 0 bridgehead atoms. The van der Waals surface area contributed by atoms with Gasteiger partial charge in [0, 0.05) is 20.0 Å². The number of ether oxygens (including phenoxy) is 3. The van der Waals surface area contributed by atoms with Gasteiger partial charge in [0.15, 0.2) is 0 Å². The highest BCUT2D eigenvalue weighted by molar-refractivity contribution is 5.84. The molecule has 190 valence electrons. The van der Waals surface area contributed by atoms with Crippen LogP contribution in [0.25, 0.3) is 0 Å². The number of rotatable bonds is 8. The SMILES string of the molecule is CCC(CC)(OC)[C@H](NC(C)=O)[C@H]1[C@H](C=O)C[C@H](C(=O)OC(C)(C)C)N1C(=O)OC(C)(C)C. The lowest BCUT2D eigenvalue weighted by atomic mass is 9.79. The van der Waals surface area contributed by atoms with Gasteiger partial charge in [-0.05, 0) is 60.8 Å². The summed E-state index contributed by atoms with van der Waals surface area (Å²) in [5, 5.41) is 2.91. The van der Waals surface area contributed by atoms with E-state index in [-0.39, 0.29) is 12.3 Å². The molecule has 2 amide bonds. The Labute approximate surface area is 197 Å². The zero-order valence-corrected chi connectivity index (χ0v) is 21.8. The summed E-state index contributed by atoms with van der Waals surface area (Å²) in [7, 11) is 1.54. The lowest BCUT2D eigenvalue weighted by Crippen LogP contribution is -2.65. The molecule has 1 heterocycles. The average Bonchev–Trinajstić information content (AvgIpc) is 3.05. The molecular weight excluding hydrogens is 428 g/mol. The summed E-state index contributed by atoms with van der Waals surface area (Å²) in [6.45, 7) is 15.6. The Balaban J connectivity index is 3.68. The number of likely N-dealkylation sites (tertiary alicyclic amines) is 1. The van der Waals surface area contributed by atoms with Gasteiger partial charge in [-0.15, -0.1) is 0 Å². The van der Waals surface area contributed by atoms with Crippen molar-refractivity contribution in [3.05, 3.63) is 0 Å². The molecule has 0 saturated carbocycles. The fourth-order valence-corrected chi connectivity index (χ4v) is 4.46. The molecule has 0 aromatic rings. The van der Waals surface area contributed by atoms with E-state index in [4.69, 9.17) is 14.2 Å². The first-order valence-electron chi connectivity index (χ1n) is 11.6. The molecule has 1 aliphatic heterocycles. The molecule has 1 fully saturated rings. The second-order valence-electron chi connectivity index (χ2n) is 10.6. The maximum atomic E-state index is 13.4. The molecule has 0 aromatic heterocycles. The van der Waals surface area contributed by atoms with Gasteiger partial charge in [-0.25, -0.2) is 9.59 Å². The average molecular weight is 471 g/mol. The number of carbonyl (C=O) groups is 4. The van der Waals surface area contributed by atoms with Crippen molar-refractivity contribution in [2.45, 2.75) is 117 Å². The summed E-state index contributed by atoms with van der Waals surface area (Å²) < 4.78 is 17.1. The third-order valence-electron chi connectivity index (χ3n) is 5.92. The van der Waals surface area contributed by atoms with Crippen molar-refractivity contribution < 1.29 is 33.4 Å². The maximum absolute atomic E-state index is 13.4. The Kier molecular flexibility index (Phi) is 9.49. The van der Waals surface area contributed by atoms with E-state index in [1.165, 1.54) is 18.9 Å². The fourth-order valence-electron chi connectivity index (χ4n) is 4.46. The second-order valence-corrected chi connectivity index (χ2v) is 10.6. The minimum atomic E-state index is -1.04. The predicted octanol–water partition coefficient (Wildman–Crippen LogP) is 3.23. The molecule has 1 N–H and O–H groups in total. The van der Waals surface area contributed by atoms with Gasteiger partial charge in [0.05, 0.1) is 17.7 Å². The van der Waals surface area contributed by atoms with E-state index in [0.29, 0.717) is 12.8 Å². The van der Waals surface area contributed by atoms with Crippen LogP contribution in [0.4, 0.5) is 4.79 Å². The Morgan fingerprint density at radius 1 is 1.03 bits per heavy atom. The predicted molar refractivity (Wildman–Crippen MR) is 124 cm³/mol. The van der Waals surface area contributed by atoms with E-state index >= 15 is 0 Å². The van der Waals surface area contributed by atoms with Crippen molar-refractivity contribution in [1.29, 1.82) is 0 Å². The summed E-state index contributed by atoms with van der Waals surface area (Å²) in [6.07, 6.45) is 1.05. The van der Waals surface area contributed by atoms with Crippen LogP contribution >= 0.6 is 0 Å². The van der Waals surface area contributed by atoms with Gasteiger partial charge in [0.2, 0.25) is 5.91 Å². The number of esters is 1. The van der Waals surface area contributed by atoms with Crippen molar-refractivity contribution in [2.75, 3.05) is 7.11 Å². The van der Waals surface area contributed by atoms with E-state index in [0.717, 1.165) is 6.29 Å². The minimum Gasteiger partial charge on any atom is -0.458 e. The molecule has 1 saturated heterocycles. The van der Waals surface area contributed by atoms with E-state index in [9.17, 15) is 19.2 Å². The van der Waals surface area contributed by atoms with Crippen LogP contribution in [0, 0.1) is 5.92 Å². The van der Waals surface area contributed by atoms with Crippen LogP contribution in [-0.4, -0.2) is 71.2 Å². The summed E-state index contributed by atoms with van der Waals surface area (Å²) in [5.74, 6) is -1.70. The van der Waals surface area contributed by atoms with Crippen molar-refractivity contribution in [1.82, 2.24) is 10.2 Å². The Bertz CT molecular complexity index is 711. The van der Waals surface area contributed by atoms with Crippen LogP contribution in [0.2, 0.25) is 0 Å². The quantitative estimate of drug-likeness (QED) is 0.428. The van der Waals surface area contributed by atoms with E-state index in [1.807, 2.05) is 13.8 Å². The van der Waals surface area contributed by atoms with Crippen molar-refractivity contribution in [3.63, 3.8) is 0 Å². The number of methoxy groups -OCH3 is 1. The Hall–Kier alpha value is -2.16. The van der Waals surface area contributed by atoms with Crippen LogP contribution in [0.5, 0.6) is 0 Å². The number of hydrogen-bond donors (Lipinski definition) is 1. The Morgan fingerprint density at radius 3 is 1.91 bits per heavy atom. The van der Waals surface area contributed by atoms with Crippen molar-refractivity contribution in [2.24, 2.45) is 5.92 Å². The van der Waals surface area contributed by atoms with Crippen molar-refractivity contribution in [3.8, 4) is 0 Å². The number of hydrogen-bond acceptors (Lipinski definition) is 7. The van der Waals surface area contributed by atoms with Crippen LogP contribution in [0.15, 0.2) is 0 Å². The van der Waals surface area contributed by atoms with Crippen LogP contribution in [-0.2, 0) is 28.6 Å². The van der Waals surface area contributed by atoms with Gasteiger partial charge in [0.1, 0.15) is 23.5 Å². The van der Waals surface area contributed by atoms with Gasteiger partial charge in [-0.3, -0.25) is 9.69 Å². The third-order valence-corrected chi connectivity index (χ3v) is 5.92. The lowest BCUT2D eigenvalue weighted by Gasteiger charge is -2.45. The van der Waals surface area contributed by atoms with Gasteiger partial charge in [-0.1, -0.05) is 13.8 Å². The second kappa shape index (κ2) is 10.8. The fraction of sp³-hybridized carbons (Fsp3) is 0.833. The molecule has 1 aliphatic rings. The molecule has 4 atom stereocenters. The largest absolute Gasteiger partial charge is 0.458 e. The van der Waals surface area contributed by atoms with Gasteiger partial charge in [-0.2, -0.15) is 0 Å². The van der Waals surface area contributed by atoms with E-state index in [2.05, 4.69) is 5.32 Å². The first kappa shape index (κ1) is 28.9. The molecule has 1 rings (SSSR count). The van der Waals surface area contributed by atoms with Gasteiger partial charge >= 0.3 is 12.1 Å². The number of aldehydes is 1. The molecule has 33 heavy (non-hydrogen) atoms. The molecule has 0 radical (unpaired) electrons. The molecule has 9 heteroatoms. The van der Waals surface area contributed by atoms with E-state index in [1.54, 1.807) is 41.5 Å². The number of carbonyl (C=O) groups excluding carboxylic acids is 4. The number of nitrogens with one attached hydrogen (secondary N) is 1. The molecule has 0 aliphatic carbocycles. The lowest BCUT2D eigenvalue weighted by molar-refractivity contribution is -0.161. The zero-order valence-electron chi connectivity index (χ0n) is 21.8. The molecular formula is C24H42N2O7. The van der Waals surface area contributed by atoms with Crippen molar-refractivity contribution >= 4 is 24.3 Å². The smallest absolute Gasteiger partial charge is 0.411 e. The molecule has 0 aromatic carbocycles. The molecule has 0 spiro atoms. The highest BCUT2D eigenvalue weighted by atomic mass is 16.6. The molecule has 9 nitrogen and oxygen atoms in total. The number of amides is 2. The van der Waals surface area contributed by atoms with Crippen LogP contribution in [0.3, 0.4) is 0 Å². The zero-order chi connectivity index (χ0) is 25.8. The van der Waals surface area contributed by atoms with Gasteiger partial charge in [0.25, 0.3) is 0 Å². The topological polar surface area (TPSA) is 111 Å². The summed E-state index contributed by atoms with van der Waals surface area (Å²) in [5.41, 5.74) is -2.50. The highest BCUT2D eigenvalue weighted by Gasteiger charge is 2.56. The first-order chi connectivity index (χ1) is 15.1. The van der Waals surface area contributed by atoms with E-state index < -0.39 is 52.9 Å². The summed E-state index contributed by atoms with van der Waals surface area (Å²) in [6, 6.07) is -2.66. The normalized spacial score (nSPS) is 22.5. The number of nitrogens with zero attached hydrogens (tertiary/aromatic N) is 1. The maximum Gasteiger partial charge on any atom is 0.411 e. The first-order valence-corrected chi connectivity index (χ1v) is 11.6. The monoisotopic (exact) mass is 470 g/mol. The third kappa shape index (κ3) is 7.16. The summed E-state index contributed by atoms with van der Waals surface area (Å²) in [4.78, 5) is 52.3. The van der Waals surface area contributed by atoms with Crippen LogP contribution < -0.4 is 5.32 Å².